The zero-order valence-corrected chi connectivity index (χ0v) is 17.7. The third-order valence-electron chi connectivity index (χ3n) is 5.18. The van der Waals surface area contributed by atoms with Crippen LogP contribution in [0, 0.1) is 5.92 Å². The number of amides is 3. The highest BCUT2D eigenvalue weighted by atomic mass is 16.5. The first-order chi connectivity index (χ1) is 15.5. The maximum atomic E-state index is 12.3. The van der Waals surface area contributed by atoms with Crippen molar-refractivity contribution in [2.45, 2.75) is 12.8 Å². The Morgan fingerprint density at radius 3 is 2.44 bits per heavy atom. The first-order valence-electron chi connectivity index (χ1n) is 10.2. The quantitative estimate of drug-likeness (QED) is 0.404. The van der Waals surface area contributed by atoms with Gasteiger partial charge >= 0.3 is 17.8 Å². The Morgan fingerprint density at radius 2 is 1.81 bits per heavy atom. The van der Waals surface area contributed by atoms with Crippen LogP contribution in [0.1, 0.15) is 29.0 Å². The predicted octanol–water partition coefficient (Wildman–Crippen LogP) is 2.07. The topological polar surface area (TPSA) is 118 Å². The van der Waals surface area contributed by atoms with Crippen molar-refractivity contribution in [1.29, 1.82) is 0 Å². The van der Waals surface area contributed by atoms with E-state index in [4.69, 9.17) is 4.42 Å². The number of furan rings is 1. The van der Waals surface area contributed by atoms with Crippen LogP contribution in [0.25, 0.3) is 6.08 Å². The number of carbonyl (C=O) groups is 4. The second-order valence-corrected chi connectivity index (χ2v) is 7.35. The Hall–Kier alpha value is -3.88. The van der Waals surface area contributed by atoms with Crippen LogP contribution in [-0.2, 0) is 19.1 Å². The summed E-state index contributed by atoms with van der Waals surface area (Å²) in [6, 6.07) is 9.56. The molecule has 0 bridgehead atoms. The van der Waals surface area contributed by atoms with Crippen molar-refractivity contribution in [2.75, 3.05) is 32.1 Å². The number of benzene rings is 1. The zero-order valence-electron chi connectivity index (χ0n) is 17.7. The van der Waals surface area contributed by atoms with Gasteiger partial charge in [0.25, 0.3) is 0 Å². The van der Waals surface area contributed by atoms with Gasteiger partial charge in [0.05, 0.1) is 18.9 Å². The van der Waals surface area contributed by atoms with E-state index in [0.29, 0.717) is 36.6 Å². The molecule has 9 nitrogen and oxygen atoms in total. The monoisotopic (exact) mass is 439 g/mol. The second-order valence-electron chi connectivity index (χ2n) is 7.35. The molecule has 1 saturated heterocycles. The molecule has 9 heteroatoms. The summed E-state index contributed by atoms with van der Waals surface area (Å²) in [5.74, 6) is -1.28. The van der Waals surface area contributed by atoms with E-state index in [2.05, 4.69) is 15.4 Å². The smallest absolute Gasteiger partial charge is 0.337 e. The lowest BCUT2D eigenvalue weighted by Crippen LogP contribution is -2.43. The molecule has 2 aromatic rings. The molecule has 1 fully saturated rings. The van der Waals surface area contributed by atoms with Crippen LogP contribution in [0.2, 0.25) is 0 Å². The van der Waals surface area contributed by atoms with Gasteiger partial charge in [-0.1, -0.05) is 0 Å². The molecule has 3 rings (SSSR count). The number of nitrogens with one attached hydrogen (secondary N) is 2. The summed E-state index contributed by atoms with van der Waals surface area (Å²) in [6.45, 7) is 1.53. The van der Waals surface area contributed by atoms with Crippen molar-refractivity contribution in [3.05, 3.63) is 60.1 Å². The van der Waals surface area contributed by atoms with Gasteiger partial charge in [0, 0.05) is 31.4 Å². The van der Waals surface area contributed by atoms with E-state index in [-0.39, 0.29) is 11.8 Å². The number of piperidine rings is 1. The molecule has 0 spiro atoms. The largest absolute Gasteiger partial charge is 0.465 e. The fraction of sp³-hybridized carbons (Fsp3) is 0.304. The fourth-order valence-corrected chi connectivity index (χ4v) is 3.32. The number of anilines is 1. The molecular weight excluding hydrogens is 414 g/mol. The number of carbonyl (C=O) groups excluding carboxylic acids is 4. The summed E-state index contributed by atoms with van der Waals surface area (Å²) in [5, 5.41) is 5.13. The summed E-state index contributed by atoms with van der Waals surface area (Å²) in [6.07, 6.45) is 6.14. The van der Waals surface area contributed by atoms with Crippen molar-refractivity contribution in [1.82, 2.24) is 10.2 Å². The molecule has 1 aromatic carbocycles. The van der Waals surface area contributed by atoms with Gasteiger partial charge in [-0.3, -0.25) is 14.4 Å². The molecule has 0 aliphatic carbocycles. The average molecular weight is 439 g/mol. The van der Waals surface area contributed by atoms with Crippen LogP contribution >= 0.6 is 0 Å². The number of likely N-dealkylation sites (tertiary alicyclic amines) is 1. The van der Waals surface area contributed by atoms with Crippen LogP contribution in [0.5, 0.6) is 0 Å². The molecule has 0 atom stereocenters. The van der Waals surface area contributed by atoms with Gasteiger partial charge in [-0.05, 0) is 61.2 Å². The molecule has 0 unspecified atom stereocenters. The number of ether oxygens (including phenoxy) is 1. The Labute approximate surface area is 185 Å². The van der Waals surface area contributed by atoms with Crippen molar-refractivity contribution in [3.63, 3.8) is 0 Å². The Bertz CT molecular complexity index is 974. The third-order valence-corrected chi connectivity index (χ3v) is 5.18. The number of hydrogen-bond acceptors (Lipinski definition) is 6. The van der Waals surface area contributed by atoms with Gasteiger partial charge < -0.3 is 24.7 Å². The molecule has 168 valence electrons. The summed E-state index contributed by atoms with van der Waals surface area (Å²) < 4.78 is 9.78. The Balaban J connectivity index is 1.38. The number of hydrogen-bond donors (Lipinski definition) is 2. The number of methoxy groups -OCH3 is 1. The van der Waals surface area contributed by atoms with E-state index in [1.165, 1.54) is 37.5 Å². The minimum atomic E-state index is -0.786. The van der Waals surface area contributed by atoms with E-state index in [1.807, 2.05) is 0 Å². The van der Waals surface area contributed by atoms with E-state index in [9.17, 15) is 19.2 Å². The van der Waals surface area contributed by atoms with Crippen LogP contribution in [0.3, 0.4) is 0 Å². The highest BCUT2D eigenvalue weighted by molar-refractivity contribution is 6.39. The number of rotatable bonds is 6. The van der Waals surface area contributed by atoms with Gasteiger partial charge in [0.1, 0.15) is 5.76 Å². The van der Waals surface area contributed by atoms with Crippen LogP contribution in [-0.4, -0.2) is 55.3 Å². The van der Waals surface area contributed by atoms with E-state index in [1.54, 1.807) is 29.4 Å². The maximum Gasteiger partial charge on any atom is 0.337 e. The highest BCUT2D eigenvalue weighted by Gasteiger charge is 2.23. The van der Waals surface area contributed by atoms with Gasteiger partial charge in [-0.15, -0.1) is 0 Å². The standard InChI is InChI=1S/C23H25N3O6/c1-31-23(30)17-4-6-18(7-5-17)25-22(29)21(28)24-15-16-10-12-26(13-11-16)20(27)9-8-19-3-2-14-32-19/h2-9,14,16H,10-13,15H2,1H3,(H,24,28)(H,25,29). The van der Waals surface area contributed by atoms with Gasteiger partial charge in [-0.2, -0.15) is 0 Å². The first-order valence-corrected chi connectivity index (χ1v) is 10.2. The number of esters is 1. The predicted molar refractivity (Wildman–Crippen MR) is 116 cm³/mol. The average Bonchev–Trinajstić information content (AvgIpc) is 3.35. The van der Waals surface area contributed by atoms with Crippen molar-refractivity contribution < 1.29 is 28.3 Å². The molecular formula is C23H25N3O6. The lowest BCUT2D eigenvalue weighted by molar-refractivity contribution is -0.136. The van der Waals surface area contributed by atoms with Crippen LogP contribution in [0.4, 0.5) is 5.69 Å². The fourth-order valence-electron chi connectivity index (χ4n) is 3.32. The minimum absolute atomic E-state index is 0.0820. The van der Waals surface area contributed by atoms with Gasteiger partial charge in [-0.25, -0.2) is 4.79 Å². The molecule has 0 radical (unpaired) electrons. The second kappa shape index (κ2) is 10.9. The normalized spacial score (nSPS) is 14.2. The summed E-state index contributed by atoms with van der Waals surface area (Å²) in [7, 11) is 1.28. The maximum absolute atomic E-state index is 12.3. The van der Waals surface area contributed by atoms with Crippen LogP contribution < -0.4 is 10.6 Å². The molecule has 1 aromatic heterocycles. The summed E-state index contributed by atoms with van der Waals surface area (Å²) in [5.41, 5.74) is 0.739. The van der Waals surface area contributed by atoms with Crippen molar-refractivity contribution in [2.24, 2.45) is 5.92 Å². The highest BCUT2D eigenvalue weighted by Crippen LogP contribution is 2.17. The lowest BCUT2D eigenvalue weighted by atomic mass is 9.96. The molecule has 3 amide bonds. The molecule has 0 saturated carbocycles. The van der Waals surface area contributed by atoms with Crippen LogP contribution in [0.15, 0.2) is 53.2 Å². The zero-order chi connectivity index (χ0) is 22.9. The molecule has 2 heterocycles. The van der Waals surface area contributed by atoms with E-state index < -0.39 is 17.8 Å². The summed E-state index contributed by atoms with van der Waals surface area (Å²) in [4.78, 5) is 49.6. The Kier molecular flexibility index (Phi) is 7.80. The first kappa shape index (κ1) is 22.8. The number of nitrogens with zero attached hydrogens (tertiary/aromatic N) is 1. The summed E-state index contributed by atoms with van der Waals surface area (Å²) >= 11 is 0. The third kappa shape index (κ3) is 6.31. The van der Waals surface area contributed by atoms with Gasteiger partial charge in [0.15, 0.2) is 0 Å². The molecule has 1 aliphatic rings. The molecule has 1 aliphatic heterocycles. The minimum Gasteiger partial charge on any atom is -0.465 e. The van der Waals surface area contributed by atoms with Crippen molar-refractivity contribution in [3.8, 4) is 0 Å². The van der Waals surface area contributed by atoms with E-state index in [0.717, 1.165) is 12.8 Å². The SMILES string of the molecule is COC(=O)c1ccc(NC(=O)C(=O)NCC2CCN(C(=O)C=Cc3ccco3)CC2)cc1. The van der Waals surface area contributed by atoms with E-state index >= 15 is 0 Å². The molecule has 2 N–H and O–H groups in total. The van der Waals surface area contributed by atoms with Gasteiger partial charge in [0.2, 0.25) is 5.91 Å². The molecule has 32 heavy (non-hydrogen) atoms. The Morgan fingerprint density at radius 1 is 1.09 bits per heavy atom. The lowest BCUT2D eigenvalue weighted by Gasteiger charge is -2.31. The van der Waals surface area contributed by atoms with Crippen molar-refractivity contribution >= 4 is 35.5 Å².